The number of alkyl halides is 4. The van der Waals surface area contributed by atoms with Crippen molar-refractivity contribution in [1.29, 1.82) is 0 Å². The first-order valence-corrected chi connectivity index (χ1v) is 9.60. The maximum absolute atomic E-state index is 13.6. The van der Waals surface area contributed by atoms with Crippen LogP contribution < -0.4 is 0 Å². The van der Waals surface area contributed by atoms with Gasteiger partial charge in [0, 0.05) is 33.5 Å². The van der Waals surface area contributed by atoms with Crippen molar-refractivity contribution >= 4 is 45.5 Å². The number of halogens is 5. The van der Waals surface area contributed by atoms with Crippen molar-refractivity contribution in [2.24, 2.45) is 7.05 Å². The van der Waals surface area contributed by atoms with Gasteiger partial charge < -0.3 is 4.57 Å². The van der Waals surface area contributed by atoms with E-state index in [1.54, 1.807) is 29.6 Å². The molecule has 0 amide bonds. The lowest BCUT2D eigenvalue weighted by molar-refractivity contribution is -0.182. The fourth-order valence-electron chi connectivity index (χ4n) is 2.49. The van der Waals surface area contributed by atoms with Crippen LogP contribution in [-0.4, -0.2) is 31.4 Å². The van der Waals surface area contributed by atoms with Gasteiger partial charge in [-0.05, 0) is 40.5 Å². The maximum atomic E-state index is 13.6. The lowest BCUT2D eigenvalue weighted by Crippen LogP contribution is -2.16. The molecule has 0 aliphatic heterocycles. The number of nitrogens with zero attached hydrogens (tertiary/aromatic N) is 4. The minimum absolute atomic E-state index is 0.194. The smallest absolute Gasteiger partial charge is 0.310 e. The largest absolute Gasteiger partial charge is 0.423 e. The summed E-state index contributed by atoms with van der Waals surface area (Å²) in [7, 11) is 1.70. The second-order valence-electron chi connectivity index (χ2n) is 5.44. The van der Waals surface area contributed by atoms with Gasteiger partial charge in [0.2, 0.25) is 6.17 Å². The van der Waals surface area contributed by atoms with Crippen LogP contribution in [0.1, 0.15) is 18.7 Å². The minimum Gasteiger partial charge on any atom is -0.310 e. The Bertz CT molecular complexity index is 957. The Morgan fingerprint density at radius 3 is 2.62 bits per heavy atom. The summed E-state index contributed by atoms with van der Waals surface area (Å²) in [6, 6.07) is 3.06. The molecule has 10 heteroatoms. The molecule has 1 atom stereocenters. The van der Waals surface area contributed by atoms with E-state index in [1.165, 1.54) is 0 Å². The molecule has 0 saturated carbocycles. The first-order chi connectivity index (χ1) is 12.2. The van der Waals surface area contributed by atoms with Gasteiger partial charge in [0.15, 0.2) is 11.5 Å². The second-order valence-corrected chi connectivity index (χ2v) is 7.99. The van der Waals surface area contributed by atoms with Crippen LogP contribution in [0.15, 0.2) is 29.4 Å². The predicted molar refractivity (Wildman–Crippen MR) is 101 cm³/mol. The summed E-state index contributed by atoms with van der Waals surface area (Å²) in [6.45, 7) is 2.01. The van der Waals surface area contributed by atoms with Gasteiger partial charge in [-0.1, -0.05) is 6.92 Å². The van der Waals surface area contributed by atoms with Crippen LogP contribution >= 0.6 is 34.4 Å². The molecule has 0 saturated heterocycles. The van der Waals surface area contributed by atoms with E-state index in [0.29, 0.717) is 17.2 Å². The Morgan fingerprint density at radius 2 is 1.96 bits per heavy atom. The molecular weight excluding hydrogens is 483 g/mol. The van der Waals surface area contributed by atoms with Gasteiger partial charge in [-0.25, -0.2) is 14.4 Å². The molecule has 0 aliphatic rings. The summed E-state index contributed by atoms with van der Waals surface area (Å²) in [4.78, 5) is 13.7. The molecule has 0 aliphatic carbocycles. The van der Waals surface area contributed by atoms with E-state index in [9.17, 15) is 17.6 Å². The highest BCUT2D eigenvalue weighted by Crippen LogP contribution is 2.37. The molecule has 3 aromatic rings. The van der Waals surface area contributed by atoms with E-state index in [0.717, 1.165) is 26.5 Å². The topological polar surface area (TPSA) is 43.6 Å². The third kappa shape index (κ3) is 3.66. The summed E-state index contributed by atoms with van der Waals surface area (Å²) in [6.07, 6.45) is -5.48. The van der Waals surface area contributed by atoms with Gasteiger partial charge in [0.05, 0.1) is 0 Å². The van der Waals surface area contributed by atoms with Crippen molar-refractivity contribution in [2.45, 2.75) is 24.2 Å². The number of hydrogen-bond donors (Lipinski definition) is 0. The number of hydrogen-bond acceptors (Lipinski definition) is 4. The number of pyridine rings is 2. The third-order valence-electron chi connectivity index (χ3n) is 3.64. The van der Waals surface area contributed by atoms with Crippen molar-refractivity contribution in [1.82, 2.24) is 19.5 Å². The molecule has 138 valence electrons. The Hall–Kier alpha value is -1.43. The van der Waals surface area contributed by atoms with E-state index >= 15 is 0 Å². The third-order valence-corrected chi connectivity index (χ3v) is 5.14. The summed E-state index contributed by atoms with van der Waals surface area (Å²) < 4.78 is 54.1. The standard InChI is InChI=1S/C16H13F4IN4S/c1-3-26-11-5-9(21)7-22-12(11)15-24-10-4-8(13(17)16(18,19)20)6-23-14(10)25(15)2/h4-7,13H,3H2,1-2H3. The monoisotopic (exact) mass is 496 g/mol. The predicted octanol–water partition coefficient (Wildman–Crippen LogP) is 5.32. The average molecular weight is 496 g/mol. The first-order valence-electron chi connectivity index (χ1n) is 7.54. The SMILES string of the molecule is CCSc1cc(I)cnc1-c1nc2cc(C(F)C(F)(F)F)cnc2n1C. The summed E-state index contributed by atoms with van der Waals surface area (Å²) in [5, 5.41) is 0. The van der Waals surface area contributed by atoms with Crippen LogP contribution in [-0.2, 0) is 7.05 Å². The first kappa shape index (κ1) is 19.3. The van der Waals surface area contributed by atoms with Crippen LogP contribution in [0.5, 0.6) is 0 Å². The van der Waals surface area contributed by atoms with Crippen molar-refractivity contribution in [3.05, 3.63) is 33.7 Å². The molecule has 3 aromatic heterocycles. The van der Waals surface area contributed by atoms with E-state index in [2.05, 4.69) is 37.5 Å². The van der Waals surface area contributed by atoms with Crippen molar-refractivity contribution in [2.75, 3.05) is 5.75 Å². The molecule has 3 heterocycles. The van der Waals surface area contributed by atoms with E-state index in [1.807, 2.05) is 13.0 Å². The van der Waals surface area contributed by atoms with Crippen molar-refractivity contribution in [3.8, 4) is 11.5 Å². The fraction of sp³-hybridized carbons (Fsp3) is 0.312. The lowest BCUT2D eigenvalue weighted by atomic mass is 10.2. The fourth-order valence-corrected chi connectivity index (χ4v) is 3.95. The molecule has 0 bridgehead atoms. The van der Waals surface area contributed by atoms with E-state index in [-0.39, 0.29) is 5.52 Å². The summed E-state index contributed by atoms with van der Waals surface area (Å²) in [5.41, 5.74) is 0.617. The Labute approximate surface area is 164 Å². The molecule has 0 fully saturated rings. The number of rotatable bonds is 4. The van der Waals surface area contributed by atoms with Gasteiger partial charge in [-0.2, -0.15) is 13.2 Å². The van der Waals surface area contributed by atoms with Gasteiger partial charge in [-0.15, -0.1) is 11.8 Å². The highest BCUT2D eigenvalue weighted by molar-refractivity contribution is 14.1. The quantitative estimate of drug-likeness (QED) is 0.279. The van der Waals surface area contributed by atoms with Crippen LogP contribution in [0.4, 0.5) is 17.6 Å². The van der Waals surface area contributed by atoms with Crippen molar-refractivity contribution < 1.29 is 17.6 Å². The number of fused-ring (bicyclic) bond motifs is 1. The zero-order chi connectivity index (χ0) is 19.1. The van der Waals surface area contributed by atoms with Gasteiger partial charge in [0.1, 0.15) is 11.2 Å². The Morgan fingerprint density at radius 1 is 1.23 bits per heavy atom. The van der Waals surface area contributed by atoms with Crippen molar-refractivity contribution in [3.63, 3.8) is 0 Å². The molecule has 0 radical (unpaired) electrons. The molecule has 0 aromatic carbocycles. The minimum atomic E-state index is -4.98. The molecule has 3 rings (SSSR count). The normalized spacial score (nSPS) is 13.3. The van der Waals surface area contributed by atoms with Crippen LogP contribution in [0, 0.1) is 3.57 Å². The van der Waals surface area contributed by atoms with Gasteiger partial charge in [-0.3, -0.25) is 4.98 Å². The molecule has 0 spiro atoms. The summed E-state index contributed by atoms with van der Waals surface area (Å²) >= 11 is 3.75. The molecule has 26 heavy (non-hydrogen) atoms. The molecule has 0 N–H and O–H groups in total. The number of thioether (sulfide) groups is 1. The van der Waals surface area contributed by atoms with E-state index < -0.39 is 17.9 Å². The van der Waals surface area contributed by atoms with Crippen LogP contribution in [0.2, 0.25) is 0 Å². The molecular formula is C16H13F4IN4S. The average Bonchev–Trinajstić information content (AvgIpc) is 2.90. The number of imidazole rings is 1. The molecule has 4 nitrogen and oxygen atoms in total. The maximum Gasteiger partial charge on any atom is 0.423 e. The van der Waals surface area contributed by atoms with Gasteiger partial charge >= 0.3 is 6.18 Å². The number of aromatic nitrogens is 4. The zero-order valence-corrected chi connectivity index (χ0v) is 16.7. The highest BCUT2D eigenvalue weighted by Gasteiger charge is 2.41. The van der Waals surface area contributed by atoms with Gasteiger partial charge in [0.25, 0.3) is 0 Å². The van der Waals surface area contributed by atoms with Crippen LogP contribution in [0.3, 0.4) is 0 Å². The molecule has 1 unspecified atom stereocenters. The summed E-state index contributed by atoms with van der Waals surface area (Å²) in [5.74, 6) is 1.30. The number of aryl methyl sites for hydroxylation is 1. The van der Waals surface area contributed by atoms with E-state index in [4.69, 9.17) is 0 Å². The highest BCUT2D eigenvalue weighted by atomic mass is 127. The Kier molecular flexibility index (Phi) is 5.42. The zero-order valence-electron chi connectivity index (χ0n) is 13.7. The lowest BCUT2D eigenvalue weighted by Gasteiger charge is -2.11. The Balaban J connectivity index is 2.13. The second kappa shape index (κ2) is 7.29. The van der Waals surface area contributed by atoms with Crippen LogP contribution in [0.25, 0.3) is 22.7 Å².